The van der Waals surface area contributed by atoms with Crippen LogP contribution in [0.15, 0.2) is 73.1 Å². The van der Waals surface area contributed by atoms with Crippen molar-refractivity contribution >= 4 is 34.0 Å². The molecule has 3 N–H and O–H groups in total. The van der Waals surface area contributed by atoms with Crippen LogP contribution in [0.3, 0.4) is 0 Å². The maximum atomic E-state index is 12.6. The maximum absolute atomic E-state index is 12.6. The monoisotopic (exact) mass is 398 g/mol. The number of benzene rings is 2. The van der Waals surface area contributed by atoms with E-state index in [9.17, 15) is 9.59 Å². The first-order chi connectivity index (χ1) is 14.6. The molecule has 4 aromatic rings. The molecule has 2 aromatic carbocycles. The molecule has 2 aromatic heterocycles. The Morgan fingerprint density at radius 1 is 1.00 bits per heavy atom. The van der Waals surface area contributed by atoms with E-state index in [-0.39, 0.29) is 11.7 Å². The molecule has 0 unspecified atom stereocenters. The van der Waals surface area contributed by atoms with Gasteiger partial charge in [0.2, 0.25) is 0 Å². The summed E-state index contributed by atoms with van der Waals surface area (Å²) in [6.07, 6.45) is 4.49. The number of aromatic nitrogens is 2. The number of hydrogen-bond donors (Lipinski definition) is 3. The second-order valence-electron chi connectivity index (χ2n) is 7.06. The van der Waals surface area contributed by atoms with Gasteiger partial charge in [-0.05, 0) is 49.2 Å². The van der Waals surface area contributed by atoms with Gasteiger partial charge in [-0.25, -0.2) is 0 Å². The number of anilines is 2. The zero-order chi connectivity index (χ0) is 20.9. The van der Waals surface area contributed by atoms with Crippen molar-refractivity contribution in [3.63, 3.8) is 0 Å². The number of carbonyl (C=O) groups is 2. The second-order valence-corrected chi connectivity index (χ2v) is 7.06. The van der Waals surface area contributed by atoms with Crippen molar-refractivity contribution in [2.75, 3.05) is 17.2 Å². The lowest BCUT2D eigenvalue weighted by Crippen LogP contribution is -2.14. The third-order valence-electron chi connectivity index (χ3n) is 4.92. The van der Waals surface area contributed by atoms with Crippen LogP contribution in [-0.4, -0.2) is 28.2 Å². The molecule has 0 radical (unpaired) electrons. The van der Waals surface area contributed by atoms with Crippen molar-refractivity contribution in [1.82, 2.24) is 9.97 Å². The molecule has 0 saturated carbocycles. The highest BCUT2D eigenvalue weighted by atomic mass is 16.2. The molecule has 0 fully saturated rings. The summed E-state index contributed by atoms with van der Waals surface area (Å²) in [4.78, 5) is 31.5. The number of hydrogen-bond acceptors (Lipinski definition) is 4. The largest absolute Gasteiger partial charge is 0.385 e. The number of nitrogens with one attached hydrogen (secondary N) is 3. The number of pyridine rings is 1. The number of amides is 1. The Labute approximate surface area is 174 Å². The number of para-hydroxylation sites is 1. The van der Waals surface area contributed by atoms with E-state index in [0.717, 1.165) is 24.2 Å². The van der Waals surface area contributed by atoms with Gasteiger partial charge in [-0.3, -0.25) is 14.6 Å². The summed E-state index contributed by atoms with van der Waals surface area (Å²) in [5, 5.41) is 7.37. The summed E-state index contributed by atoms with van der Waals surface area (Å²) < 4.78 is 0. The molecular formula is C24H22N4O2. The first-order valence-electron chi connectivity index (χ1n) is 9.77. The second kappa shape index (κ2) is 8.61. The van der Waals surface area contributed by atoms with E-state index in [4.69, 9.17) is 0 Å². The van der Waals surface area contributed by atoms with Gasteiger partial charge in [0.05, 0.1) is 0 Å². The van der Waals surface area contributed by atoms with Crippen molar-refractivity contribution < 1.29 is 9.59 Å². The van der Waals surface area contributed by atoms with Crippen LogP contribution in [0, 0.1) is 0 Å². The number of nitrogens with zero attached hydrogens (tertiary/aromatic N) is 1. The number of carbonyl (C=O) groups excluding carboxylic acids is 2. The van der Waals surface area contributed by atoms with Crippen molar-refractivity contribution in [1.29, 1.82) is 0 Å². The molecule has 0 aliphatic rings. The number of aromatic amines is 1. The van der Waals surface area contributed by atoms with Gasteiger partial charge in [-0.15, -0.1) is 0 Å². The van der Waals surface area contributed by atoms with Crippen LogP contribution in [0.2, 0.25) is 0 Å². The molecule has 0 spiro atoms. The van der Waals surface area contributed by atoms with Crippen LogP contribution in [0.25, 0.3) is 10.9 Å². The van der Waals surface area contributed by atoms with Crippen LogP contribution in [-0.2, 0) is 6.42 Å². The predicted octanol–water partition coefficient (Wildman–Crippen LogP) is 4.67. The number of H-pyrrole nitrogens is 1. The number of fused-ring (bicyclic) bond motifs is 1. The normalized spacial score (nSPS) is 10.7. The Balaban J connectivity index is 1.39. The van der Waals surface area contributed by atoms with Gasteiger partial charge >= 0.3 is 0 Å². The molecule has 4 rings (SSSR count). The number of Topliss-reactive ketones (excluding diaryl/α,β-unsaturated/α-hetero) is 1. The van der Waals surface area contributed by atoms with Gasteiger partial charge in [0.15, 0.2) is 5.78 Å². The van der Waals surface area contributed by atoms with E-state index in [0.29, 0.717) is 16.9 Å². The van der Waals surface area contributed by atoms with Gasteiger partial charge < -0.3 is 15.6 Å². The van der Waals surface area contributed by atoms with Crippen LogP contribution in [0.5, 0.6) is 0 Å². The first-order valence-corrected chi connectivity index (χ1v) is 9.77. The fourth-order valence-corrected chi connectivity index (χ4v) is 3.36. The molecule has 1 amide bonds. The summed E-state index contributed by atoms with van der Waals surface area (Å²) in [7, 11) is 0. The van der Waals surface area contributed by atoms with Crippen LogP contribution in [0.1, 0.15) is 33.3 Å². The Morgan fingerprint density at radius 2 is 1.87 bits per heavy atom. The Kier molecular flexibility index (Phi) is 5.57. The quantitative estimate of drug-likeness (QED) is 0.395. The molecule has 6 nitrogen and oxygen atoms in total. The predicted molar refractivity (Wildman–Crippen MR) is 119 cm³/mol. The molecule has 6 heteroatoms. The molecule has 0 aliphatic carbocycles. The van der Waals surface area contributed by atoms with Crippen LogP contribution < -0.4 is 10.6 Å². The first kappa shape index (κ1) is 19.4. The van der Waals surface area contributed by atoms with Crippen molar-refractivity contribution in [3.05, 3.63) is 89.9 Å². The molecular weight excluding hydrogens is 376 g/mol. The van der Waals surface area contributed by atoms with Gasteiger partial charge in [-0.1, -0.05) is 30.3 Å². The van der Waals surface area contributed by atoms with E-state index in [2.05, 4.69) is 32.7 Å². The van der Waals surface area contributed by atoms with Gasteiger partial charge in [0, 0.05) is 46.8 Å². The Bertz CT molecular complexity index is 1210. The average Bonchev–Trinajstić information content (AvgIpc) is 3.17. The van der Waals surface area contributed by atoms with Crippen LogP contribution >= 0.6 is 0 Å². The van der Waals surface area contributed by atoms with Crippen molar-refractivity contribution in [2.24, 2.45) is 0 Å². The molecule has 150 valence electrons. The van der Waals surface area contributed by atoms with E-state index in [1.165, 1.54) is 17.9 Å². The molecule has 2 heterocycles. The highest BCUT2D eigenvalue weighted by Crippen LogP contribution is 2.19. The highest BCUT2D eigenvalue weighted by molar-refractivity contribution is 6.04. The lowest BCUT2D eigenvalue weighted by molar-refractivity contribution is 0.100. The van der Waals surface area contributed by atoms with Crippen molar-refractivity contribution in [2.45, 2.75) is 13.3 Å². The minimum absolute atomic E-state index is 0.0503. The Morgan fingerprint density at radius 3 is 2.73 bits per heavy atom. The third-order valence-corrected chi connectivity index (χ3v) is 4.92. The summed E-state index contributed by atoms with van der Waals surface area (Å²) in [6.45, 7) is 2.22. The van der Waals surface area contributed by atoms with Gasteiger partial charge in [0.25, 0.3) is 5.91 Å². The number of ketones is 1. The molecule has 30 heavy (non-hydrogen) atoms. The van der Waals surface area contributed by atoms with E-state index in [1.807, 2.05) is 24.4 Å². The SMILES string of the molecule is CC(=O)c1cccc(NC(=O)c2cc(NCCc3c[nH]c4ccccc34)ccn2)c1. The summed E-state index contributed by atoms with van der Waals surface area (Å²) in [5.41, 5.74) is 4.62. The lowest BCUT2D eigenvalue weighted by atomic mass is 10.1. The van der Waals surface area contributed by atoms with E-state index < -0.39 is 0 Å². The fraction of sp³-hybridized carbons (Fsp3) is 0.125. The molecule has 0 bridgehead atoms. The Hall–Kier alpha value is -3.93. The zero-order valence-electron chi connectivity index (χ0n) is 16.6. The van der Waals surface area contributed by atoms with Gasteiger partial charge in [-0.2, -0.15) is 0 Å². The van der Waals surface area contributed by atoms with E-state index in [1.54, 1.807) is 36.5 Å². The third kappa shape index (κ3) is 4.38. The molecule has 0 atom stereocenters. The summed E-state index contributed by atoms with van der Waals surface area (Å²) in [6, 6.07) is 18.6. The average molecular weight is 398 g/mol. The minimum Gasteiger partial charge on any atom is -0.385 e. The topological polar surface area (TPSA) is 86.9 Å². The van der Waals surface area contributed by atoms with Crippen molar-refractivity contribution in [3.8, 4) is 0 Å². The summed E-state index contributed by atoms with van der Waals surface area (Å²) >= 11 is 0. The van der Waals surface area contributed by atoms with Gasteiger partial charge in [0.1, 0.15) is 5.69 Å². The minimum atomic E-state index is -0.323. The van der Waals surface area contributed by atoms with Crippen LogP contribution in [0.4, 0.5) is 11.4 Å². The van der Waals surface area contributed by atoms with E-state index >= 15 is 0 Å². The smallest absolute Gasteiger partial charge is 0.274 e. The fourth-order valence-electron chi connectivity index (χ4n) is 3.36. The standard InChI is InChI=1S/C24H22N4O2/c1-16(29)17-5-4-6-20(13-17)28-24(30)23-14-19(10-12-26-23)25-11-9-18-15-27-22-8-3-2-7-21(18)22/h2-8,10,12-15,27H,9,11H2,1H3,(H,25,26)(H,28,30). The molecule has 0 saturated heterocycles. The maximum Gasteiger partial charge on any atom is 0.274 e. The lowest BCUT2D eigenvalue weighted by Gasteiger charge is -2.09. The highest BCUT2D eigenvalue weighted by Gasteiger charge is 2.10. The summed E-state index contributed by atoms with van der Waals surface area (Å²) in [5.74, 6) is -0.374. The molecule has 0 aliphatic heterocycles. The zero-order valence-corrected chi connectivity index (χ0v) is 16.6. The number of rotatable bonds is 7.